The highest BCUT2D eigenvalue weighted by Crippen LogP contribution is 2.38. The Kier molecular flexibility index (Phi) is 4.28. The first-order valence-electron chi connectivity index (χ1n) is 5.88. The van der Waals surface area contributed by atoms with Gasteiger partial charge in [0.15, 0.2) is 0 Å². The first-order valence-corrected chi connectivity index (χ1v) is 6.32. The zero-order valence-electron chi connectivity index (χ0n) is 10.9. The van der Waals surface area contributed by atoms with Crippen LogP contribution in [0, 0.1) is 5.21 Å². The lowest BCUT2D eigenvalue weighted by Crippen LogP contribution is -2.59. The van der Waals surface area contributed by atoms with Gasteiger partial charge in [0.2, 0.25) is 0 Å². The summed E-state index contributed by atoms with van der Waals surface area (Å²) in [5.41, 5.74) is -0.718. The number of alkyl halides is 1. The van der Waals surface area contributed by atoms with E-state index in [0.29, 0.717) is 6.61 Å². The van der Waals surface area contributed by atoms with Gasteiger partial charge in [-0.15, -0.1) is 11.6 Å². The summed E-state index contributed by atoms with van der Waals surface area (Å²) in [7, 11) is 0. The van der Waals surface area contributed by atoms with Crippen LogP contribution in [0.15, 0.2) is 0 Å². The Bertz CT molecular complexity index is 223. The van der Waals surface area contributed by atoms with Crippen LogP contribution in [-0.2, 0) is 4.74 Å². The molecular formula is C12H23ClNO2-. The highest BCUT2D eigenvalue weighted by Gasteiger charge is 2.40. The number of ether oxygens (including phenoxy) is 1. The molecular weight excluding hydrogens is 226 g/mol. The monoisotopic (exact) mass is 248 g/mol. The van der Waals surface area contributed by atoms with Gasteiger partial charge in [0.25, 0.3) is 0 Å². The molecule has 1 aliphatic rings. The molecule has 0 aromatic heterocycles. The minimum atomic E-state index is -0.359. The van der Waals surface area contributed by atoms with Crippen LogP contribution in [-0.4, -0.2) is 34.2 Å². The van der Waals surface area contributed by atoms with E-state index in [-0.39, 0.29) is 22.6 Å². The maximum absolute atomic E-state index is 12.1. The van der Waals surface area contributed by atoms with E-state index in [0.717, 1.165) is 12.8 Å². The van der Waals surface area contributed by atoms with Gasteiger partial charge in [-0.05, 0) is 47.5 Å². The Hall–Kier alpha value is 0.170. The van der Waals surface area contributed by atoms with Gasteiger partial charge in [0.1, 0.15) is 0 Å². The maximum atomic E-state index is 12.1. The lowest BCUT2D eigenvalue weighted by Gasteiger charge is -2.59. The van der Waals surface area contributed by atoms with Gasteiger partial charge in [-0.3, -0.25) is 0 Å². The molecule has 16 heavy (non-hydrogen) atoms. The number of hydroxylamine groups is 2. The van der Waals surface area contributed by atoms with Crippen molar-refractivity contribution in [3.8, 4) is 0 Å². The van der Waals surface area contributed by atoms with E-state index in [1.807, 2.05) is 34.6 Å². The Labute approximate surface area is 104 Å². The Morgan fingerprint density at radius 1 is 1.31 bits per heavy atom. The van der Waals surface area contributed by atoms with Crippen LogP contribution in [0.2, 0.25) is 0 Å². The van der Waals surface area contributed by atoms with Crippen molar-refractivity contribution in [3.05, 3.63) is 5.21 Å². The average Bonchev–Trinajstić information content (AvgIpc) is 2.10. The van der Waals surface area contributed by atoms with Gasteiger partial charge >= 0.3 is 0 Å². The minimum absolute atomic E-state index is 0.0245. The Morgan fingerprint density at radius 2 is 1.75 bits per heavy atom. The number of piperidine rings is 1. The molecule has 1 atom stereocenters. The fourth-order valence-corrected chi connectivity index (χ4v) is 2.63. The fraction of sp³-hybridized carbons (Fsp3) is 1.00. The summed E-state index contributed by atoms with van der Waals surface area (Å²) in [6.45, 7) is 10.4. The van der Waals surface area contributed by atoms with Crippen molar-refractivity contribution >= 4 is 11.6 Å². The van der Waals surface area contributed by atoms with Crippen LogP contribution in [0.25, 0.3) is 0 Å². The third-order valence-corrected chi connectivity index (χ3v) is 3.24. The molecule has 3 nitrogen and oxygen atoms in total. The summed E-state index contributed by atoms with van der Waals surface area (Å²) < 4.78 is 5.77. The van der Waals surface area contributed by atoms with Gasteiger partial charge in [0, 0.05) is 11.1 Å². The molecule has 0 spiro atoms. The topological polar surface area (TPSA) is 35.5 Å². The van der Waals surface area contributed by atoms with Crippen molar-refractivity contribution in [3.63, 3.8) is 0 Å². The van der Waals surface area contributed by atoms with E-state index in [1.165, 1.54) is 5.06 Å². The second kappa shape index (κ2) is 4.81. The average molecular weight is 249 g/mol. The zero-order chi connectivity index (χ0) is 12.6. The van der Waals surface area contributed by atoms with Crippen molar-refractivity contribution in [2.45, 2.75) is 70.0 Å². The molecule has 1 aliphatic heterocycles. The molecule has 0 radical (unpaired) electrons. The molecule has 1 unspecified atom stereocenters. The van der Waals surface area contributed by atoms with Crippen molar-refractivity contribution in [1.82, 2.24) is 5.06 Å². The Morgan fingerprint density at radius 3 is 2.12 bits per heavy atom. The summed E-state index contributed by atoms with van der Waals surface area (Å²) >= 11 is 5.87. The standard InChI is InChI=1S/C12H23ClNO2/c1-9(13)8-16-10-6-11(2,3)14(15)12(4,5)7-10/h9-10H,6-8H2,1-5H3/q-1. The SMILES string of the molecule is CC(Cl)COC1CC(C)(C)N([O-])C(C)(C)C1. The van der Waals surface area contributed by atoms with E-state index < -0.39 is 0 Å². The summed E-state index contributed by atoms with van der Waals surface area (Å²) in [6, 6.07) is 0. The molecule has 1 fully saturated rings. The minimum Gasteiger partial charge on any atom is -0.784 e. The summed E-state index contributed by atoms with van der Waals surface area (Å²) in [5, 5.41) is 13.3. The number of hydrogen-bond donors (Lipinski definition) is 0. The molecule has 0 N–H and O–H groups in total. The second-order valence-electron chi connectivity index (χ2n) is 6.06. The lowest BCUT2D eigenvalue weighted by molar-refractivity contribution is -0.0801. The van der Waals surface area contributed by atoms with E-state index in [2.05, 4.69) is 0 Å². The molecule has 0 bridgehead atoms. The molecule has 96 valence electrons. The molecule has 1 saturated heterocycles. The van der Waals surface area contributed by atoms with Crippen LogP contribution in [0.4, 0.5) is 0 Å². The third-order valence-electron chi connectivity index (χ3n) is 3.12. The molecule has 4 heteroatoms. The molecule has 0 aromatic rings. The summed E-state index contributed by atoms with van der Waals surface area (Å²) in [6.07, 6.45) is 1.67. The van der Waals surface area contributed by atoms with Gasteiger partial charge < -0.3 is 15.0 Å². The van der Waals surface area contributed by atoms with E-state index in [9.17, 15) is 5.21 Å². The number of rotatable bonds is 3. The largest absolute Gasteiger partial charge is 0.784 e. The zero-order valence-corrected chi connectivity index (χ0v) is 11.7. The van der Waals surface area contributed by atoms with Crippen LogP contribution in [0.3, 0.4) is 0 Å². The smallest absolute Gasteiger partial charge is 0.0631 e. The van der Waals surface area contributed by atoms with Gasteiger partial charge in [-0.1, -0.05) is 0 Å². The maximum Gasteiger partial charge on any atom is 0.0631 e. The fourth-order valence-electron chi connectivity index (χ4n) is 2.56. The highest BCUT2D eigenvalue weighted by molar-refractivity contribution is 6.20. The third kappa shape index (κ3) is 3.33. The molecule has 0 amide bonds. The predicted octanol–water partition coefficient (Wildman–Crippen LogP) is 3.15. The summed E-state index contributed by atoms with van der Waals surface area (Å²) in [5.74, 6) is 0. The molecule has 0 aromatic carbocycles. The van der Waals surface area contributed by atoms with Gasteiger partial charge in [0.05, 0.1) is 18.1 Å². The molecule has 0 aliphatic carbocycles. The van der Waals surface area contributed by atoms with Gasteiger partial charge in [-0.25, -0.2) is 0 Å². The molecule has 1 rings (SSSR count). The first kappa shape index (κ1) is 14.2. The predicted molar refractivity (Wildman–Crippen MR) is 67.7 cm³/mol. The van der Waals surface area contributed by atoms with E-state index in [4.69, 9.17) is 16.3 Å². The molecule has 0 saturated carbocycles. The van der Waals surface area contributed by atoms with E-state index >= 15 is 0 Å². The number of halogens is 1. The van der Waals surface area contributed by atoms with Crippen LogP contribution in [0.1, 0.15) is 47.5 Å². The molecule has 1 heterocycles. The second-order valence-corrected chi connectivity index (χ2v) is 6.81. The van der Waals surface area contributed by atoms with Gasteiger partial charge in [-0.2, -0.15) is 0 Å². The van der Waals surface area contributed by atoms with Crippen molar-refractivity contribution in [2.24, 2.45) is 0 Å². The normalized spacial score (nSPS) is 27.9. The van der Waals surface area contributed by atoms with Crippen molar-refractivity contribution < 1.29 is 4.74 Å². The quantitative estimate of drug-likeness (QED) is 0.720. The Balaban J connectivity index is 2.64. The van der Waals surface area contributed by atoms with Crippen LogP contribution >= 0.6 is 11.6 Å². The number of hydrogen-bond acceptors (Lipinski definition) is 3. The van der Waals surface area contributed by atoms with Crippen LogP contribution < -0.4 is 0 Å². The van der Waals surface area contributed by atoms with Crippen molar-refractivity contribution in [1.29, 1.82) is 0 Å². The van der Waals surface area contributed by atoms with E-state index in [1.54, 1.807) is 0 Å². The first-order chi connectivity index (χ1) is 7.15. The van der Waals surface area contributed by atoms with Crippen molar-refractivity contribution in [2.75, 3.05) is 6.61 Å². The lowest BCUT2D eigenvalue weighted by atomic mass is 9.80. The highest BCUT2D eigenvalue weighted by atomic mass is 35.5. The van der Waals surface area contributed by atoms with Crippen LogP contribution in [0.5, 0.6) is 0 Å². The number of nitrogens with zero attached hydrogens (tertiary/aromatic N) is 1. The summed E-state index contributed by atoms with van der Waals surface area (Å²) in [4.78, 5) is 0.